The lowest BCUT2D eigenvalue weighted by Gasteiger charge is -2.39. The Labute approximate surface area is 123 Å². The molecule has 0 aromatic heterocycles. The lowest BCUT2D eigenvalue weighted by molar-refractivity contribution is 0.223. The van der Waals surface area contributed by atoms with Gasteiger partial charge in [0.25, 0.3) is 0 Å². The number of hydrogen-bond donors (Lipinski definition) is 1. The summed E-state index contributed by atoms with van der Waals surface area (Å²) in [6, 6.07) is 0. The molecule has 1 atom stereocenters. The zero-order valence-corrected chi connectivity index (χ0v) is 13.5. The molecule has 1 N–H and O–H groups in total. The Morgan fingerprint density at radius 3 is 1.75 bits per heavy atom. The maximum Gasteiger partial charge on any atom is 0.117 e. The van der Waals surface area contributed by atoms with Crippen LogP contribution in [-0.2, 0) is 4.57 Å². The quantitative estimate of drug-likeness (QED) is 0.740. The molecule has 3 aliphatic rings. The molecule has 0 heterocycles. The molecule has 3 aliphatic carbocycles. The molecular weight excluding hydrogens is 267 g/mol. The average Bonchev–Trinajstić information content (AvgIpc) is 2.95. The van der Waals surface area contributed by atoms with Gasteiger partial charge in [-0.25, -0.2) is 0 Å². The largest absolute Gasteiger partial charge is 0.389 e. The second-order valence-corrected chi connectivity index (χ2v) is 10.5. The average molecular weight is 296 g/mol. The molecule has 0 radical (unpaired) electrons. The predicted octanol–water partition coefficient (Wildman–Crippen LogP) is 5.05. The van der Waals surface area contributed by atoms with Crippen molar-refractivity contribution in [2.45, 2.75) is 94.5 Å². The molecule has 3 heteroatoms. The van der Waals surface area contributed by atoms with Gasteiger partial charge in [-0.05, 0) is 49.9 Å². The first-order valence-electron chi connectivity index (χ1n) is 8.70. The minimum absolute atomic E-state index is 0.328. The van der Waals surface area contributed by atoms with Crippen molar-refractivity contribution in [1.82, 2.24) is 0 Å². The summed E-state index contributed by atoms with van der Waals surface area (Å²) in [6.45, 7) is 0. The fourth-order valence-electron chi connectivity index (χ4n) is 4.67. The van der Waals surface area contributed by atoms with E-state index in [4.69, 9.17) is 0 Å². The molecule has 0 aliphatic heterocycles. The maximum atomic E-state index is 14.1. The highest BCUT2D eigenvalue weighted by molar-refractivity contribution is 7.69. The molecule has 0 aromatic carbocycles. The summed E-state index contributed by atoms with van der Waals surface area (Å²) in [5.41, 5.74) is 0.881. The Kier molecular flexibility index (Phi) is 4.72. The molecular formula is C17H29O2P. The van der Waals surface area contributed by atoms with Crippen LogP contribution in [0.15, 0.2) is 11.4 Å². The Morgan fingerprint density at radius 1 is 0.850 bits per heavy atom. The molecule has 0 saturated heterocycles. The lowest BCUT2D eigenvalue weighted by atomic mass is 9.99. The van der Waals surface area contributed by atoms with E-state index >= 15 is 0 Å². The second kappa shape index (κ2) is 6.36. The number of aliphatic hydroxyl groups excluding tert-OH is 1. The van der Waals surface area contributed by atoms with E-state index in [2.05, 4.69) is 0 Å². The third kappa shape index (κ3) is 2.79. The third-order valence-corrected chi connectivity index (χ3v) is 10.2. The van der Waals surface area contributed by atoms with Gasteiger partial charge in [0.05, 0.1) is 6.10 Å². The minimum Gasteiger partial charge on any atom is -0.389 e. The molecule has 0 spiro atoms. The van der Waals surface area contributed by atoms with Gasteiger partial charge >= 0.3 is 0 Å². The van der Waals surface area contributed by atoms with Crippen molar-refractivity contribution in [1.29, 1.82) is 0 Å². The molecule has 2 fully saturated rings. The van der Waals surface area contributed by atoms with Crippen LogP contribution in [0.2, 0.25) is 0 Å². The van der Waals surface area contributed by atoms with E-state index in [1.807, 2.05) is 6.08 Å². The first-order chi connectivity index (χ1) is 9.71. The topological polar surface area (TPSA) is 37.3 Å². The van der Waals surface area contributed by atoms with Crippen molar-refractivity contribution in [3.05, 3.63) is 11.4 Å². The molecule has 0 amide bonds. The monoisotopic (exact) mass is 296 g/mol. The number of rotatable bonds is 3. The molecule has 20 heavy (non-hydrogen) atoms. The summed E-state index contributed by atoms with van der Waals surface area (Å²) in [5, 5.41) is 11.0. The molecule has 0 aromatic rings. The standard InChI is InChI=1S/C17H29O2P/c18-14-11-12-17(13-14)20(19,15-7-3-1-4-8-15)16-9-5-2-6-10-16/h13-16,18H,1-12H2. The lowest BCUT2D eigenvalue weighted by Crippen LogP contribution is -2.24. The summed E-state index contributed by atoms with van der Waals surface area (Å²) in [5.74, 6) is 0. The van der Waals surface area contributed by atoms with Gasteiger partial charge in [0.15, 0.2) is 0 Å². The summed E-state index contributed by atoms with van der Waals surface area (Å²) in [7, 11) is -2.25. The molecule has 2 saturated carbocycles. The highest BCUT2D eigenvalue weighted by Crippen LogP contribution is 2.69. The van der Waals surface area contributed by atoms with E-state index in [0.29, 0.717) is 11.3 Å². The number of hydrogen-bond acceptors (Lipinski definition) is 2. The van der Waals surface area contributed by atoms with Crippen molar-refractivity contribution in [3.8, 4) is 0 Å². The van der Waals surface area contributed by atoms with Gasteiger partial charge in [0, 0.05) is 11.3 Å². The van der Waals surface area contributed by atoms with Crippen LogP contribution in [0.5, 0.6) is 0 Å². The smallest absolute Gasteiger partial charge is 0.117 e. The van der Waals surface area contributed by atoms with Crippen molar-refractivity contribution in [3.63, 3.8) is 0 Å². The van der Waals surface area contributed by atoms with Crippen LogP contribution in [0, 0.1) is 0 Å². The zero-order valence-electron chi connectivity index (χ0n) is 12.6. The number of aliphatic hydroxyl groups is 1. The Hall–Kier alpha value is -0.0700. The maximum absolute atomic E-state index is 14.1. The van der Waals surface area contributed by atoms with Crippen LogP contribution in [0.1, 0.15) is 77.0 Å². The van der Waals surface area contributed by atoms with Crippen molar-refractivity contribution in [2.75, 3.05) is 0 Å². The van der Waals surface area contributed by atoms with Crippen molar-refractivity contribution in [2.24, 2.45) is 0 Å². The predicted molar refractivity (Wildman–Crippen MR) is 84.7 cm³/mol. The van der Waals surface area contributed by atoms with E-state index < -0.39 is 7.14 Å². The highest BCUT2D eigenvalue weighted by Gasteiger charge is 2.44. The van der Waals surface area contributed by atoms with Crippen LogP contribution in [-0.4, -0.2) is 22.5 Å². The fraction of sp³-hybridized carbons (Fsp3) is 0.882. The van der Waals surface area contributed by atoms with Gasteiger partial charge in [-0.2, -0.15) is 0 Å². The zero-order chi connectivity index (χ0) is 14.0. The summed E-state index contributed by atoms with van der Waals surface area (Å²) < 4.78 is 14.1. The van der Waals surface area contributed by atoms with Gasteiger partial charge in [0.1, 0.15) is 7.14 Å². The highest BCUT2D eigenvalue weighted by atomic mass is 31.2. The van der Waals surface area contributed by atoms with Gasteiger partial charge in [-0.15, -0.1) is 0 Å². The summed E-state index contributed by atoms with van der Waals surface area (Å²) in [6.07, 6.45) is 15.7. The summed E-state index contributed by atoms with van der Waals surface area (Å²) in [4.78, 5) is 0. The van der Waals surface area contributed by atoms with Gasteiger partial charge in [0.2, 0.25) is 0 Å². The molecule has 2 nitrogen and oxygen atoms in total. The molecule has 1 unspecified atom stereocenters. The van der Waals surface area contributed by atoms with E-state index in [-0.39, 0.29) is 6.10 Å². The van der Waals surface area contributed by atoms with Crippen molar-refractivity contribution >= 4 is 7.14 Å². The molecule has 114 valence electrons. The first kappa shape index (κ1) is 14.9. The third-order valence-electron chi connectivity index (χ3n) is 5.76. The minimum atomic E-state index is -2.25. The van der Waals surface area contributed by atoms with E-state index in [0.717, 1.165) is 12.8 Å². The van der Waals surface area contributed by atoms with Crippen molar-refractivity contribution < 1.29 is 9.67 Å². The van der Waals surface area contributed by atoms with Gasteiger partial charge < -0.3 is 9.67 Å². The Morgan fingerprint density at radius 2 is 1.35 bits per heavy atom. The fourth-order valence-corrected chi connectivity index (χ4v) is 9.35. The molecule has 3 rings (SSSR count). The van der Waals surface area contributed by atoms with Crippen LogP contribution in [0.3, 0.4) is 0 Å². The van der Waals surface area contributed by atoms with Crippen LogP contribution >= 0.6 is 7.14 Å². The van der Waals surface area contributed by atoms with E-state index in [9.17, 15) is 9.67 Å². The Bertz CT molecular complexity index is 381. The van der Waals surface area contributed by atoms with Gasteiger partial charge in [-0.1, -0.05) is 38.5 Å². The first-order valence-corrected chi connectivity index (χ1v) is 10.5. The van der Waals surface area contributed by atoms with Gasteiger partial charge in [-0.3, -0.25) is 0 Å². The van der Waals surface area contributed by atoms with Crippen LogP contribution < -0.4 is 0 Å². The second-order valence-electron chi connectivity index (χ2n) is 7.06. The SMILES string of the molecule is O=P(C1=CC(O)CC1)(C1CCCCC1)C1CCCCC1. The normalized spacial score (nSPS) is 30.4. The van der Waals surface area contributed by atoms with E-state index in [1.165, 1.54) is 69.5 Å². The van der Waals surface area contributed by atoms with Crippen LogP contribution in [0.25, 0.3) is 0 Å². The molecule has 0 bridgehead atoms. The van der Waals surface area contributed by atoms with E-state index in [1.54, 1.807) is 0 Å². The number of allylic oxidation sites excluding steroid dienone is 1. The van der Waals surface area contributed by atoms with Crippen LogP contribution in [0.4, 0.5) is 0 Å². The Balaban J connectivity index is 1.88. The summed E-state index contributed by atoms with van der Waals surface area (Å²) >= 11 is 0.